The molecule has 1 saturated carbocycles. The summed E-state index contributed by atoms with van der Waals surface area (Å²) < 4.78 is 11.0. The number of ether oxygens (including phenoxy) is 2. The number of amides is 1. The summed E-state index contributed by atoms with van der Waals surface area (Å²) in [4.78, 5) is 14.7. The van der Waals surface area contributed by atoms with E-state index in [0.29, 0.717) is 18.1 Å². The fourth-order valence-corrected chi connectivity index (χ4v) is 5.55. The molecule has 1 aliphatic carbocycles. The molecule has 2 unspecified atom stereocenters. The fraction of sp³-hybridized carbons (Fsp3) is 0.632. The second kappa shape index (κ2) is 5.38. The number of carbonyl (C=O) groups is 1. The van der Waals surface area contributed by atoms with Gasteiger partial charge in [0, 0.05) is 25.5 Å². The van der Waals surface area contributed by atoms with Crippen LogP contribution in [0, 0.1) is 17.8 Å². The van der Waals surface area contributed by atoms with Crippen molar-refractivity contribution >= 4 is 5.91 Å². The van der Waals surface area contributed by atoms with Gasteiger partial charge in [-0.15, -0.1) is 0 Å². The Bertz CT molecular complexity index is 688. The second-order valence-electron chi connectivity index (χ2n) is 7.42. The van der Waals surface area contributed by atoms with E-state index in [9.17, 15) is 9.90 Å². The van der Waals surface area contributed by atoms with E-state index in [1.54, 1.807) is 14.2 Å². The molecule has 1 aromatic carbocycles. The summed E-state index contributed by atoms with van der Waals surface area (Å²) in [6.45, 7) is 3.10. The summed E-state index contributed by atoms with van der Waals surface area (Å²) in [5.41, 5.74) is 2.16. The first-order chi connectivity index (χ1) is 11.6. The summed E-state index contributed by atoms with van der Waals surface area (Å²) in [6, 6.07) is 4.13. The highest BCUT2D eigenvalue weighted by molar-refractivity contribution is 5.82. The molecule has 4 atom stereocenters. The Kier molecular flexibility index (Phi) is 3.53. The van der Waals surface area contributed by atoms with Crippen LogP contribution in [0.1, 0.15) is 30.9 Å². The van der Waals surface area contributed by atoms with Gasteiger partial charge in [0.25, 0.3) is 0 Å². The molecular weight excluding hydrogens is 306 g/mol. The standard InChI is InChI=1S/C19H25NO4/c1-11-9-19-14-7-17(24-3)16(23-2)6-12(14)4-5-20(19)18(22)8-15(19)13(11)10-21/h6-7,11,13,15,21H,4-5,8-10H2,1-3H3/t11-,13+,15?,19?/m0/s1. The first kappa shape index (κ1) is 15.8. The van der Waals surface area contributed by atoms with Gasteiger partial charge in [0.1, 0.15) is 0 Å². The highest BCUT2D eigenvalue weighted by atomic mass is 16.5. The van der Waals surface area contributed by atoms with E-state index in [2.05, 4.69) is 24.0 Å². The van der Waals surface area contributed by atoms with Gasteiger partial charge in [-0.2, -0.15) is 0 Å². The Morgan fingerprint density at radius 2 is 2.00 bits per heavy atom. The lowest BCUT2D eigenvalue weighted by atomic mass is 9.74. The van der Waals surface area contributed by atoms with Gasteiger partial charge in [-0.25, -0.2) is 0 Å². The number of aliphatic hydroxyl groups is 1. The third-order valence-electron chi connectivity index (χ3n) is 6.56. The van der Waals surface area contributed by atoms with Crippen LogP contribution in [0.5, 0.6) is 11.5 Å². The van der Waals surface area contributed by atoms with Crippen molar-refractivity contribution in [2.75, 3.05) is 27.4 Å². The lowest BCUT2D eigenvalue weighted by Gasteiger charge is -2.45. The van der Waals surface area contributed by atoms with Gasteiger partial charge in [-0.1, -0.05) is 6.92 Å². The molecule has 24 heavy (non-hydrogen) atoms. The number of rotatable bonds is 3. The van der Waals surface area contributed by atoms with Crippen LogP contribution in [0.4, 0.5) is 0 Å². The molecule has 130 valence electrons. The van der Waals surface area contributed by atoms with Crippen molar-refractivity contribution in [1.82, 2.24) is 4.90 Å². The highest BCUT2D eigenvalue weighted by Gasteiger charge is 2.63. The monoisotopic (exact) mass is 331 g/mol. The smallest absolute Gasteiger partial charge is 0.223 e. The zero-order chi connectivity index (χ0) is 17.1. The van der Waals surface area contributed by atoms with E-state index < -0.39 is 0 Å². The minimum atomic E-state index is -0.281. The van der Waals surface area contributed by atoms with E-state index >= 15 is 0 Å². The maximum Gasteiger partial charge on any atom is 0.223 e. The van der Waals surface area contributed by atoms with Crippen LogP contribution >= 0.6 is 0 Å². The van der Waals surface area contributed by atoms with Crippen molar-refractivity contribution in [2.45, 2.75) is 31.7 Å². The Balaban J connectivity index is 1.92. The van der Waals surface area contributed by atoms with Gasteiger partial charge < -0.3 is 19.5 Å². The summed E-state index contributed by atoms with van der Waals surface area (Å²) >= 11 is 0. The molecule has 3 aliphatic rings. The lowest BCUT2D eigenvalue weighted by Crippen LogP contribution is -2.49. The largest absolute Gasteiger partial charge is 0.493 e. The predicted octanol–water partition coefficient (Wildman–Crippen LogP) is 1.95. The average molecular weight is 331 g/mol. The van der Waals surface area contributed by atoms with Crippen LogP contribution in [-0.4, -0.2) is 43.3 Å². The van der Waals surface area contributed by atoms with Crippen LogP contribution in [0.3, 0.4) is 0 Å². The van der Waals surface area contributed by atoms with E-state index in [4.69, 9.17) is 9.47 Å². The molecule has 0 radical (unpaired) electrons. The van der Waals surface area contributed by atoms with Crippen LogP contribution < -0.4 is 9.47 Å². The molecular formula is C19H25NO4. The molecule has 1 N–H and O–H groups in total. The van der Waals surface area contributed by atoms with Crippen molar-refractivity contribution in [3.05, 3.63) is 23.3 Å². The zero-order valence-electron chi connectivity index (χ0n) is 14.5. The van der Waals surface area contributed by atoms with Gasteiger partial charge in [-0.3, -0.25) is 4.79 Å². The number of fused-ring (bicyclic) bond motifs is 1. The molecule has 0 bridgehead atoms. The Labute approximate surface area is 142 Å². The van der Waals surface area contributed by atoms with Crippen molar-refractivity contribution in [1.29, 1.82) is 0 Å². The van der Waals surface area contributed by atoms with Crippen LogP contribution in [0.15, 0.2) is 12.1 Å². The maximum atomic E-state index is 12.7. The van der Waals surface area contributed by atoms with Crippen molar-refractivity contribution in [3.63, 3.8) is 0 Å². The number of aliphatic hydroxyl groups excluding tert-OH is 1. The number of nitrogens with zero attached hydrogens (tertiary/aromatic N) is 1. The molecule has 2 aliphatic heterocycles. The molecule has 0 aromatic heterocycles. The molecule has 2 fully saturated rings. The van der Waals surface area contributed by atoms with Gasteiger partial charge in [0.15, 0.2) is 11.5 Å². The Morgan fingerprint density at radius 1 is 1.29 bits per heavy atom. The van der Waals surface area contributed by atoms with E-state index in [1.165, 1.54) is 11.1 Å². The van der Waals surface area contributed by atoms with E-state index in [1.807, 2.05) is 0 Å². The number of hydrogen-bond donors (Lipinski definition) is 1. The summed E-state index contributed by atoms with van der Waals surface area (Å²) in [6.07, 6.45) is 2.30. The Morgan fingerprint density at radius 3 is 2.67 bits per heavy atom. The quantitative estimate of drug-likeness (QED) is 0.920. The third kappa shape index (κ3) is 1.82. The van der Waals surface area contributed by atoms with Crippen LogP contribution in [0.25, 0.3) is 0 Å². The molecule has 1 amide bonds. The number of methoxy groups -OCH3 is 2. The topological polar surface area (TPSA) is 59.0 Å². The van der Waals surface area contributed by atoms with E-state index in [-0.39, 0.29) is 29.9 Å². The average Bonchev–Trinajstić information content (AvgIpc) is 3.01. The summed E-state index contributed by atoms with van der Waals surface area (Å²) in [5, 5.41) is 9.91. The SMILES string of the molecule is COc1cc2c(cc1OC)C13C[C@H](C)[C@@H](CO)C1CC(=O)N3CC2. The highest BCUT2D eigenvalue weighted by Crippen LogP contribution is 2.61. The first-order valence-electron chi connectivity index (χ1n) is 8.73. The second-order valence-corrected chi connectivity index (χ2v) is 7.42. The van der Waals surface area contributed by atoms with Crippen molar-refractivity contribution in [3.8, 4) is 11.5 Å². The molecule has 1 aromatic rings. The number of carbonyl (C=O) groups excluding carboxylic acids is 1. The predicted molar refractivity (Wildman–Crippen MR) is 89.1 cm³/mol. The maximum absolute atomic E-state index is 12.7. The Hall–Kier alpha value is -1.75. The molecule has 5 nitrogen and oxygen atoms in total. The number of hydrogen-bond acceptors (Lipinski definition) is 4. The van der Waals surface area contributed by atoms with Gasteiger partial charge in [0.05, 0.1) is 19.8 Å². The zero-order valence-corrected chi connectivity index (χ0v) is 14.5. The minimum absolute atomic E-state index is 0.150. The van der Waals surface area contributed by atoms with Crippen molar-refractivity contribution < 1.29 is 19.4 Å². The molecule has 1 spiro atoms. The van der Waals surface area contributed by atoms with Gasteiger partial charge in [-0.05, 0) is 47.9 Å². The van der Waals surface area contributed by atoms with Gasteiger partial charge >= 0.3 is 0 Å². The molecule has 1 saturated heterocycles. The fourth-order valence-electron chi connectivity index (χ4n) is 5.55. The van der Waals surface area contributed by atoms with Crippen LogP contribution in [-0.2, 0) is 16.8 Å². The third-order valence-corrected chi connectivity index (χ3v) is 6.56. The minimum Gasteiger partial charge on any atom is -0.493 e. The van der Waals surface area contributed by atoms with Crippen LogP contribution in [0.2, 0.25) is 0 Å². The first-order valence-corrected chi connectivity index (χ1v) is 8.73. The number of benzene rings is 1. The molecule has 2 heterocycles. The normalized spacial score (nSPS) is 33.9. The molecule has 5 heteroatoms. The molecule has 4 rings (SSSR count). The van der Waals surface area contributed by atoms with Crippen molar-refractivity contribution in [2.24, 2.45) is 17.8 Å². The van der Waals surface area contributed by atoms with Gasteiger partial charge in [0.2, 0.25) is 5.91 Å². The van der Waals surface area contributed by atoms with E-state index in [0.717, 1.165) is 25.1 Å². The lowest BCUT2D eigenvalue weighted by molar-refractivity contribution is -0.132. The summed E-state index contributed by atoms with van der Waals surface area (Å²) in [7, 11) is 3.30. The summed E-state index contributed by atoms with van der Waals surface area (Å²) in [5.74, 6) is 2.44.